The van der Waals surface area contributed by atoms with Crippen LogP contribution in [0.4, 0.5) is 4.39 Å². The number of aromatic hydroxyl groups is 1. The number of nitrogens with zero attached hydrogens (tertiary/aromatic N) is 1. The Morgan fingerprint density at radius 3 is 2.71 bits per heavy atom. The molecule has 0 amide bonds. The van der Waals surface area contributed by atoms with Gasteiger partial charge in [-0.3, -0.25) is 4.79 Å². The summed E-state index contributed by atoms with van der Waals surface area (Å²) in [7, 11) is 0. The molecule has 0 spiro atoms. The van der Waals surface area contributed by atoms with Gasteiger partial charge in [0.1, 0.15) is 11.6 Å². The molecule has 0 aliphatic heterocycles. The highest BCUT2D eigenvalue weighted by atomic mass is 19.1. The summed E-state index contributed by atoms with van der Waals surface area (Å²) >= 11 is 0. The van der Waals surface area contributed by atoms with Crippen LogP contribution in [-0.2, 0) is 11.3 Å². The number of esters is 1. The monoisotopic (exact) mass is 293 g/mol. The zero-order chi connectivity index (χ0) is 15.6. The van der Waals surface area contributed by atoms with Gasteiger partial charge in [-0.2, -0.15) is 0 Å². The van der Waals surface area contributed by atoms with E-state index in [1.54, 1.807) is 6.92 Å². The van der Waals surface area contributed by atoms with E-state index < -0.39 is 28.7 Å². The first-order chi connectivity index (χ1) is 10.0. The lowest BCUT2D eigenvalue weighted by Crippen LogP contribution is -2.28. The third-order valence-corrected chi connectivity index (χ3v) is 3.13. The molecular weight excluding hydrogens is 277 g/mol. The molecule has 0 aliphatic carbocycles. The maximum Gasteiger partial charge on any atom is 0.347 e. The number of pyridine rings is 1. The Hall–Kier alpha value is -2.37. The summed E-state index contributed by atoms with van der Waals surface area (Å²) in [5.41, 5.74) is -0.831. The number of hydrogen-bond donors (Lipinski definition) is 1. The minimum Gasteiger partial charge on any atom is -0.506 e. The lowest BCUT2D eigenvalue weighted by Gasteiger charge is -2.13. The van der Waals surface area contributed by atoms with E-state index >= 15 is 0 Å². The second-order valence-corrected chi connectivity index (χ2v) is 4.56. The van der Waals surface area contributed by atoms with Gasteiger partial charge in [-0.15, -0.1) is 0 Å². The van der Waals surface area contributed by atoms with Gasteiger partial charge in [0.15, 0.2) is 5.56 Å². The van der Waals surface area contributed by atoms with Gasteiger partial charge in [0.2, 0.25) is 0 Å². The molecule has 112 valence electrons. The summed E-state index contributed by atoms with van der Waals surface area (Å²) in [4.78, 5) is 24.3. The first-order valence-electron chi connectivity index (χ1n) is 6.73. The molecule has 1 aromatic carbocycles. The van der Waals surface area contributed by atoms with Gasteiger partial charge in [0.05, 0.1) is 12.1 Å². The molecule has 21 heavy (non-hydrogen) atoms. The van der Waals surface area contributed by atoms with Crippen LogP contribution in [0.1, 0.15) is 30.6 Å². The number of ether oxygens (including phenoxy) is 1. The fourth-order valence-corrected chi connectivity index (χ4v) is 2.24. The van der Waals surface area contributed by atoms with Crippen LogP contribution in [-0.4, -0.2) is 22.2 Å². The highest BCUT2D eigenvalue weighted by molar-refractivity contribution is 5.99. The molecule has 1 heterocycles. The molecule has 5 nitrogen and oxygen atoms in total. The fraction of sp³-hybridized carbons (Fsp3) is 0.333. The summed E-state index contributed by atoms with van der Waals surface area (Å²) in [6, 6.07) is 3.67. The SMILES string of the molecule is CCCn1c(=O)c(C(=O)OCC)c(O)c2ccc(F)cc21. The topological polar surface area (TPSA) is 68.5 Å². The van der Waals surface area contributed by atoms with Gasteiger partial charge in [0, 0.05) is 11.9 Å². The normalized spacial score (nSPS) is 10.8. The molecule has 0 atom stereocenters. The Kier molecular flexibility index (Phi) is 4.26. The summed E-state index contributed by atoms with van der Waals surface area (Å²) in [5, 5.41) is 10.4. The summed E-state index contributed by atoms with van der Waals surface area (Å²) in [6.07, 6.45) is 0.624. The lowest BCUT2D eigenvalue weighted by atomic mass is 10.1. The van der Waals surface area contributed by atoms with Crippen LogP contribution >= 0.6 is 0 Å². The number of fused-ring (bicyclic) bond motifs is 1. The third-order valence-electron chi connectivity index (χ3n) is 3.13. The average Bonchev–Trinajstić information content (AvgIpc) is 2.43. The first kappa shape index (κ1) is 15.0. The van der Waals surface area contributed by atoms with Crippen LogP contribution in [0.2, 0.25) is 0 Å². The van der Waals surface area contributed by atoms with Crippen LogP contribution in [0.25, 0.3) is 10.9 Å². The van der Waals surface area contributed by atoms with Gasteiger partial charge in [-0.05, 0) is 31.5 Å². The third kappa shape index (κ3) is 2.61. The van der Waals surface area contributed by atoms with Crippen molar-refractivity contribution in [2.45, 2.75) is 26.8 Å². The summed E-state index contributed by atoms with van der Waals surface area (Å²) in [5.74, 6) is -1.87. The van der Waals surface area contributed by atoms with Crippen LogP contribution in [0.3, 0.4) is 0 Å². The van der Waals surface area contributed by atoms with E-state index in [2.05, 4.69) is 0 Å². The molecule has 1 N–H and O–H groups in total. The molecule has 0 radical (unpaired) electrons. The summed E-state index contributed by atoms with van der Waals surface area (Å²) < 4.78 is 19.5. The van der Waals surface area contributed by atoms with E-state index in [0.29, 0.717) is 13.0 Å². The molecule has 0 fully saturated rings. The molecule has 0 saturated heterocycles. The van der Waals surface area contributed by atoms with Crippen LogP contribution in [0, 0.1) is 5.82 Å². The fourth-order valence-electron chi connectivity index (χ4n) is 2.24. The largest absolute Gasteiger partial charge is 0.506 e. The summed E-state index contributed by atoms with van der Waals surface area (Å²) in [6.45, 7) is 3.86. The molecule has 6 heteroatoms. The zero-order valence-electron chi connectivity index (χ0n) is 11.9. The number of benzene rings is 1. The van der Waals surface area contributed by atoms with Crippen molar-refractivity contribution in [2.75, 3.05) is 6.61 Å². The highest BCUT2D eigenvalue weighted by Gasteiger charge is 2.23. The maximum atomic E-state index is 13.4. The number of halogens is 1. The smallest absolute Gasteiger partial charge is 0.347 e. The van der Waals surface area contributed by atoms with Crippen molar-refractivity contribution in [1.82, 2.24) is 4.57 Å². The Labute approximate surface area is 120 Å². The van der Waals surface area contributed by atoms with E-state index in [1.165, 1.54) is 16.7 Å². The Bertz CT molecular complexity index is 751. The Morgan fingerprint density at radius 1 is 1.38 bits per heavy atom. The predicted molar refractivity (Wildman–Crippen MR) is 76.1 cm³/mol. The second-order valence-electron chi connectivity index (χ2n) is 4.56. The first-order valence-corrected chi connectivity index (χ1v) is 6.73. The highest BCUT2D eigenvalue weighted by Crippen LogP contribution is 2.27. The van der Waals surface area contributed by atoms with E-state index in [-0.39, 0.29) is 17.5 Å². The number of rotatable bonds is 4. The van der Waals surface area contributed by atoms with Crippen LogP contribution in [0.5, 0.6) is 5.75 Å². The van der Waals surface area contributed by atoms with Crippen molar-refractivity contribution in [1.29, 1.82) is 0 Å². The van der Waals surface area contributed by atoms with Crippen molar-refractivity contribution in [3.63, 3.8) is 0 Å². The molecular formula is C15H16FNO4. The minimum absolute atomic E-state index is 0.0902. The zero-order valence-corrected chi connectivity index (χ0v) is 11.9. The van der Waals surface area contributed by atoms with Gasteiger partial charge in [-0.25, -0.2) is 9.18 Å². The number of aromatic nitrogens is 1. The van der Waals surface area contributed by atoms with Crippen molar-refractivity contribution in [3.8, 4) is 5.75 Å². The van der Waals surface area contributed by atoms with E-state index in [1.807, 2.05) is 6.92 Å². The minimum atomic E-state index is -0.879. The standard InChI is InChI=1S/C15H16FNO4/c1-3-7-17-11-8-9(16)5-6-10(11)13(18)12(14(17)19)15(20)21-4-2/h5-6,8,18H,3-4,7H2,1-2H3. The van der Waals surface area contributed by atoms with Gasteiger partial charge in [0.25, 0.3) is 5.56 Å². The van der Waals surface area contributed by atoms with Crippen molar-refractivity contribution in [3.05, 3.63) is 39.9 Å². The molecule has 2 aromatic rings. The van der Waals surface area contributed by atoms with Gasteiger partial charge < -0.3 is 14.4 Å². The van der Waals surface area contributed by atoms with Crippen LogP contribution in [0.15, 0.2) is 23.0 Å². The molecule has 0 unspecified atom stereocenters. The molecule has 0 aliphatic rings. The number of carbonyl (C=O) groups is 1. The second kappa shape index (κ2) is 5.95. The molecule has 1 aromatic heterocycles. The average molecular weight is 293 g/mol. The van der Waals surface area contributed by atoms with E-state index in [4.69, 9.17) is 4.74 Å². The molecule has 0 saturated carbocycles. The Balaban J connectivity index is 2.85. The van der Waals surface area contributed by atoms with E-state index in [0.717, 1.165) is 6.07 Å². The quantitative estimate of drug-likeness (QED) is 0.879. The van der Waals surface area contributed by atoms with Crippen molar-refractivity contribution in [2.24, 2.45) is 0 Å². The van der Waals surface area contributed by atoms with Crippen molar-refractivity contribution < 1.29 is 19.0 Å². The van der Waals surface area contributed by atoms with E-state index in [9.17, 15) is 19.1 Å². The Morgan fingerprint density at radius 2 is 2.10 bits per heavy atom. The molecule has 0 bridgehead atoms. The number of aryl methyl sites for hydroxylation is 1. The molecule has 2 rings (SSSR count). The van der Waals surface area contributed by atoms with Gasteiger partial charge in [-0.1, -0.05) is 6.92 Å². The van der Waals surface area contributed by atoms with Gasteiger partial charge >= 0.3 is 5.97 Å². The van der Waals surface area contributed by atoms with Crippen LogP contribution < -0.4 is 5.56 Å². The number of carbonyl (C=O) groups excluding carboxylic acids is 1. The predicted octanol–water partition coefficient (Wildman–Crippen LogP) is 2.43. The lowest BCUT2D eigenvalue weighted by molar-refractivity contribution is 0.0520. The maximum absolute atomic E-state index is 13.4. The van der Waals surface area contributed by atoms with Crippen molar-refractivity contribution >= 4 is 16.9 Å². The number of hydrogen-bond acceptors (Lipinski definition) is 4.